The van der Waals surface area contributed by atoms with Crippen LogP contribution in [-0.4, -0.2) is 35.7 Å². The molecular weight excluding hydrogens is 484 g/mol. The second-order valence-corrected chi connectivity index (χ2v) is 11.4. The van der Waals surface area contributed by atoms with Crippen LogP contribution < -0.4 is 10.6 Å². The number of ketones is 1. The van der Waals surface area contributed by atoms with Gasteiger partial charge in [0.2, 0.25) is 11.8 Å². The van der Waals surface area contributed by atoms with Crippen LogP contribution in [0, 0.1) is 23.2 Å². The van der Waals surface area contributed by atoms with Crippen molar-refractivity contribution in [1.29, 1.82) is 5.26 Å². The van der Waals surface area contributed by atoms with Crippen LogP contribution in [0.5, 0.6) is 0 Å². The first kappa shape index (κ1) is 28.5. The van der Waals surface area contributed by atoms with Crippen LogP contribution in [0.2, 0.25) is 0 Å². The van der Waals surface area contributed by atoms with Gasteiger partial charge in [-0.2, -0.15) is 5.26 Å². The van der Waals surface area contributed by atoms with E-state index in [0.29, 0.717) is 18.8 Å². The lowest BCUT2D eigenvalue weighted by Gasteiger charge is -2.32. The summed E-state index contributed by atoms with van der Waals surface area (Å²) in [6.45, 7) is 7.83. The average molecular weight is 523 g/mol. The van der Waals surface area contributed by atoms with Gasteiger partial charge in [-0.25, -0.2) is 4.98 Å². The molecule has 0 unspecified atom stereocenters. The fourth-order valence-corrected chi connectivity index (χ4v) is 6.09. The van der Waals surface area contributed by atoms with E-state index in [2.05, 4.69) is 43.2 Å². The molecule has 37 heavy (non-hydrogen) atoms. The highest BCUT2D eigenvalue weighted by atomic mass is 32.1. The Morgan fingerprint density at radius 2 is 1.95 bits per heavy atom. The highest BCUT2D eigenvalue weighted by molar-refractivity contribution is 7.18. The number of nitrogens with zero attached hydrogens (tertiary/aromatic N) is 2. The number of allylic oxidation sites excluding steroid dienone is 1. The Morgan fingerprint density at radius 1 is 1.22 bits per heavy atom. The second kappa shape index (κ2) is 13.5. The maximum Gasteiger partial charge on any atom is 0.224 e. The van der Waals surface area contributed by atoms with Crippen molar-refractivity contribution < 1.29 is 14.4 Å². The molecule has 0 radical (unpaired) electrons. The lowest BCUT2D eigenvalue weighted by atomic mass is 9.81. The molecule has 2 N–H and O–H groups in total. The molecule has 7 nitrogen and oxygen atoms in total. The van der Waals surface area contributed by atoms with Gasteiger partial charge in [-0.05, 0) is 48.8 Å². The van der Waals surface area contributed by atoms with Crippen LogP contribution >= 0.6 is 11.3 Å². The van der Waals surface area contributed by atoms with Gasteiger partial charge in [-0.1, -0.05) is 45.8 Å². The van der Waals surface area contributed by atoms with E-state index < -0.39 is 5.92 Å². The van der Waals surface area contributed by atoms with Crippen molar-refractivity contribution in [1.82, 2.24) is 15.6 Å². The number of nitrogens with one attached hydrogen (secondary N) is 2. The molecule has 0 aliphatic heterocycles. The highest BCUT2D eigenvalue weighted by Gasteiger charge is 2.30. The maximum atomic E-state index is 13.6. The molecule has 1 saturated carbocycles. The molecule has 1 aliphatic rings. The second-order valence-electron chi connectivity index (χ2n) is 10.3. The first-order valence-corrected chi connectivity index (χ1v) is 14.1. The summed E-state index contributed by atoms with van der Waals surface area (Å²) >= 11 is 1.57. The van der Waals surface area contributed by atoms with E-state index in [0.717, 1.165) is 40.9 Å². The molecule has 1 aliphatic carbocycles. The number of amides is 2. The maximum absolute atomic E-state index is 13.6. The number of hydrogen-bond acceptors (Lipinski definition) is 6. The van der Waals surface area contributed by atoms with Crippen molar-refractivity contribution in [2.24, 2.45) is 11.8 Å². The fraction of sp³-hybridized carbons (Fsp3) is 0.552. The van der Waals surface area contributed by atoms with Crippen LogP contribution in [0.1, 0.15) is 81.7 Å². The molecule has 3 rings (SSSR count). The van der Waals surface area contributed by atoms with Gasteiger partial charge < -0.3 is 10.6 Å². The van der Waals surface area contributed by atoms with Crippen molar-refractivity contribution in [3.63, 3.8) is 0 Å². The lowest BCUT2D eigenvalue weighted by molar-refractivity contribution is -0.131. The summed E-state index contributed by atoms with van der Waals surface area (Å²) in [6.07, 6.45) is 6.43. The van der Waals surface area contributed by atoms with Crippen LogP contribution in [0.4, 0.5) is 0 Å². The zero-order valence-corrected chi connectivity index (χ0v) is 23.0. The smallest absolute Gasteiger partial charge is 0.224 e. The van der Waals surface area contributed by atoms with Crippen molar-refractivity contribution in [3.05, 3.63) is 40.9 Å². The molecule has 198 valence electrons. The van der Waals surface area contributed by atoms with Crippen molar-refractivity contribution in [2.75, 3.05) is 7.05 Å². The quantitative estimate of drug-likeness (QED) is 0.294. The minimum absolute atomic E-state index is 0.0531. The summed E-state index contributed by atoms with van der Waals surface area (Å²) in [6, 6.07) is 7.90. The third-order valence-electron chi connectivity index (χ3n) is 7.33. The normalized spacial score (nSPS) is 15.6. The Hall–Kier alpha value is -3.05. The predicted octanol–water partition coefficient (Wildman–Crippen LogP) is 5.21. The average Bonchev–Trinajstić information content (AvgIpc) is 3.31. The lowest BCUT2D eigenvalue weighted by Crippen LogP contribution is -2.45. The van der Waals surface area contributed by atoms with Gasteiger partial charge in [0.05, 0.1) is 26.7 Å². The Labute approximate surface area is 223 Å². The number of rotatable bonds is 12. The van der Waals surface area contributed by atoms with Crippen LogP contribution in [0.15, 0.2) is 30.4 Å². The molecule has 1 fully saturated rings. The zero-order valence-electron chi connectivity index (χ0n) is 22.1. The van der Waals surface area contributed by atoms with Gasteiger partial charge in [-0.3, -0.25) is 14.4 Å². The van der Waals surface area contributed by atoms with Crippen molar-refractivity contribution in [3.8, 4) is 6.07 Å². The molecule has 2 aromatic rings. The van der Waals surface area contributed by atoms with E-state index in [1.54, 1.807) is 18.4 Å². The van der Waals surface area contributed by atoms with Crippen LogP contribution in [-0.2, 0) is 20.8 Å². The SMILES string of the molecule is C=C(C#N)C(=O)CC[C@@H](NC(=O)[C@@H](CC(=O)NC)Cc1nc2ccc(C(C)C)cc2s1)C1CCCCC1. The van der Waals surface area contributed by atoms with Crippen molar-refractivity contribution >= 4 is 39.2 Å². The molecule has 2 amide bonds. The molecule has 0 bridgehead atoms. The van der Waals surface area contributed by atoms with E-state index >= 15 is 0 Å². The number of fused-ring (bicyclic) bond motifs is 1. The van der Waals surface area contributed by atoms with Gasteiger partial charge in [0.1, 0.15) is 6.07 Å². The van der Waals surface area contributed by atoms with Gasteiger partial charge in [0.15, 0.2) is 5.78 Å². The summed E-state index contributed by atoms with van der Waals surface area (Å²) in [4.78, 5) is 42.9. The van der Waals surface area contributed by atoms with Gasteiger partial charge >= 0.3 is 0 Å². The number of hydrogen-bond donors (Lipinski definition) is 2. The molecule has 2 atom stereocenters. The first-order chi connectivity index (χ1) is 17.7. The third kappa shape index (κ3) is 7.96. The standard InChI is InChI=1S/C29H38N4O3S/c1-18(2)21-10-11-24-26(14-21)37-28(32-24)16-22(15-27(35)31-4)29(36)33-23(20-8-6-5-7-9-20)12-13-25(34)19(3)17-30/h10-11,14,18,20,22-23H,3,5-9,12-13,15-16H2,1-2,4H3,(H,31,35)(H,33,36)/t22-,23+/m0/s1. The Morgan fingerprint density at radius 3 is 2.59 bits per heavy atom. The van der Waals surface area contributed by atoms with Crippen molar-refractivity contribution in [2.45, 2.75) is 83.6 Å². The highest BCUT2D eigenvalue weighted by Crippen LogP contribution is 2.30. The Balaban J connectivity index is 1.78. The Bertz CT molecular complexity index is 1170. The number of carbonyl (C=O) groups excluding carboxylic acids is 3. The monoisotopic (exact) mass is 522 g/mol. The topological polar surface area (TPSA) is 112 Å². The predicted molar refractivity (Wildman–Crippen MR) is 147 cm³/mol. The molecule has 1 aromatic carbocycles. The molecule has 0 saturated heterocycles. The van der Waals surface area contributed by atoms with E-state index in [1.807, 2.05) is 12.1 Å². The minimum atomic E-state index is -0.569. The van der Waals surface area contributed by atoms with Gasteiger partial charge in [0.25, 0.3) is 0 Å². The number of benzene rings is 1. The van der Waals surface area contributed by atoms with Gasteiger partial charge in [-0.15, -0.1) is 11.3 Å². The third-order valence-corrected chi connectivity index (χ3v) is 8.37. The van der Waals surface area contributed by atoms with E-state index in [9.17, 15) is 14.4 Å². The fourth-order valence-electron chi connectivity index (χ4n) is 4.99. The van der Waals surface area contributed by atoms with E-state index in [-0.39, 0.29) is 48.0 Å². The number of thiazole rings is 1. The summed E-state index contributed by atoms with van der Waals surface area (Å²) in [7, 11) is 1.57. The molecule has 0 spiro atoms. The van der Waals surface area contributed by atoms with Crippen LogP contribution in [0.25, 0.3) is 10.2 Å². The molecule has 8 heteroatoms. The summed E-state index contributed by atoms with van der Waals surface area (Å²) < 4.78 is 1.08. The van der Waals surface area contributed by atoms with Gasteiger partial charge in [0, 0.05) is 32.4 Å². The summed E-state index contributed by atoms with van der Waals surface area (Å²) in [5, 5.41) is 15.7. The number of carbonyl (C=O) groups is 3. The van der Waals surface area contributed by atoms with Crippen LogP contribution in [0.3, 0.4) is 0 Å². The minimum Gasteiger partial charge on any atom is -0.359 e. The molecular formula is C29H38N4O3S. The van der Waals surface area contributed by atoms with E-state index in [1.165, 1.54) is 12.0 Å². The summed E-state index contributed by atoms with van der Waals surface area (Å²) in [5.74, 6) is -0.546. The van der Waals surface area contributed by atoms with E-state index in [4.69, 9.17) is 10.2 Å². The Kier molecular flexibility index (Phi) is 10.4. The molecule has 1 aromatic heterocycles. The number of nitriles is 1. The summed E-state index contributed by atoms with van der Waals surface area (Å²) in [5.41, 5.74) is 2.09. The number of aromatic nitrogens is 1. The first-order valence-electron chi connectivity index (χ1n) is 13.2. The molecule has 1 heterocycles. The number of Topliss-reactive ketones (excluding diaryl/α,β-unsaturated/α-hetero) is 1. The largest absolute Gasteiger partial charge is 0.359 e. The zero-order chi connectivity index (χ0) is 26.9.